The molecule has 2 atom stereocenters. The van der Waals surface area contributed by atoms with Crippen molar-refractivity contribution in [3.05, 3.63) is 46.7 Å². The Morgan fingerprint density at radius 3 is 3.12 bits per heavy atom. The summed E-state index contributed by atoms with van der Waals surface area (Å²) in [7, 11) is 0. The maximum atomic E-state index is 13.3. The average Bonchev–Trinajstić information content (AvgIpc) is 2.97. The molecule has 25 heavy (non-hydrogen) atoms. The van der Waals surface area contributed by atoms with Crippen molar-refractivity contribution in [1.82, 2.24) is 15.6 Å². The number of halogens is 1. The average molecular weight is 360 g/mol. The Balaban J connectivity index is 1.31. The number of aromatic nitrogens is 1. The molecule has 1 aromatic carbocycles. The van der Waals surface area contributed by atoms with Gasteiger partial charge in [-0.25, -0.2) is 14.2 Å². The second-order valence-electron chi connectivity index (χ2n) is 6.25. The molecule has 1 saturated carbocycles. The van der Waals surface area contributed by atoms with E-state index in [0.717, 1.165) is 12.0 Å². The molecule has 2 heterocycles. The zero-order valence-electron chi connectivity index (χ0n) is 13.4. The molecule has 0 bridgehead atoms. The molecule has 1 aliphatic carbocycles. The lowest BCUT2D eigenvalue weighted by Gasteiger charge is -2.08. The summed E-state index contributed by atoms with van der Waals surface area (Å²) in [6, 6.07) is 6.41. The smallest absolute Gasteiger partial charge is 0.323 e. The predicted octanol–water partition coefficient (Wildman–Crippen LogP) is 2.03. The van der Waals surface area contributed by atoms with E-state index in [4.69, 9.17) is 0 Å². The Morgan fingerprint density at radius 1 is 1.48 bits per heavy atom. The Hall–Kier alpha value is -2.48. The quantitative estimate of drug-likeness (QED) is 0.857. The molecule has 130 valence electrons. The summed E-state index contributed by atoms with van der Waals surface area (Å²) in [5.74, 6) is -0.180. The van der Waals surface area contributed by atoms with E-state index in [9.17, 15) is 14.0 Å². The fourth-order valence-electron chi connectivity index (χ4n) is 3.04. The Kier molecular flexibility index (Phi) is 4.12. The predicted molar refractivity (Wildman–Crippen MR) is 92.3 cm³/mol. The van der Waals surface area contributed by atoms with E-state index in [2.05, 4.69) is 15.6 Å². The molecule has 2 aromatic rings. The fraction of sp³-hybridized carbons (Fsp3) is 0.353. The number of rotatable bonds is 5. The van der Waals surface area contributed by atoms with Gasteiger partial charge in [0.1, 0.15) is 5.82 Å². The minimum atomic E-state index is -0.254. The fourth-order valence-corrected chi connectivity index (χ4v) is 3.89. The molecule has 8 heteroatoms. The van der Waals surface area contributed by atoms with Gasteiger partial charge in [-0.15, -0.1) is 11.3 Å². The summed E-state index contributed by atoms with van der Waals surface area (Å²) in [6.45, 7) is 1.20. The molecule has 2 N–H and O–H groups in total. The number of thiazole rings is 1. The molecule has 0 spiro atoms. The molecular formula is C17H17FN4O2S. The third-order valence-corrected chi connectivity index (χ3v) is 5.30. The van der Waals surface area contributed by atoms with Crippen LogP contribution in [0.25, 0.3) is 0 Å². The molecule has 0 radical (unpaired) electrons. The Bertz CT molecular complexity index is 824. The number of amides is 3. The van der Waals surface area contributed by atoms with Gasteiger partial charge in [-0.05, 0) is 24.1 Å². The van der Waals surface area contributed by atoms with E-state index in [0.29, 0.717) is 23.9 Å². The van der Waals surface area contributed by atoms with Gasteiger partial charge in [0.2, 0.25) is 5.91 Å². The topological polar surface area (TPSA) is 74.3 Å². The van der Waals surface area contributed by atoms with Gasteiger partial charge in [-0.3, -0.25) is 9.69 Å². The number of carbonyl (C=O) groups excluding carboxylic acids is 2. The number of benzene rings is 1. The summed E-state index contributed by atoms with van der Waals surface area (Å²) in [6.07, 6.45) is 1.00. The first kappa shape index (κ1) is 16.0. The number of hydrogen-bond acceptors (Lipinski definition) is 4. The lowest BCUT2D eigenvalue weighted by molar-refractivity contribution is -0.120. The van der Waals surface area contributed by atoms with Gasteiger partial charge in [0.15, 0.2) is 5.13 Å². The van der Waals surface area contributed by atoms with Gasteiger partial charge >= 0.3 is 6.03 Å². The number of hydrogen-bond donors (Lipinski definition) is 2. The van der Waals surface area contributed by atoms with Crippen LogP contribution in [0.2, 0.25) is 0 Å². The molecule has 4 rings (SSSR count). The van der Waals surface area contributed by atoms with Crippen molar-refractivity contribution in [2.45, 2.75) is 24.8 Å². The van der Waals surface area contributed by atoms with E-state index in [1.54, 1.807) is 16.3 Å². The highest BCUT2D eigenvalue weighted by molar-refractivity contribution is 7.14. The van der Waals surface area contributed by atoms with Crippen LogP contribution in [0.1, 0.15) is 23.6 Å². The van der Waals surface area contributed by atoms with Crippen molar-refractivity contribution in [3.63, 3.8) is 0 Å². The summed E-state index contributed by atoms with van der Waals surface area (Å²) < 4.78 is 13.3. The first-order valence-electron chi connectivity index (χ1n) is 8.15. The summed E-state index contributed by atoms with van der Waals surface area (Å²) in [5, 5.41) is 8.11. The molecule has 1 aliphatic heterocycles. The van der Waals surface area contributed by atoms with Crippen LogP contribution in [0.3, 0.4) is 0 Å². The highest BCUT2D eigenvalue weighted by Gasteiger charge is 2.39. The van der Waals surface area contributed by atoms with Crippen LogP contribution in [0, 0.1) is 5.82 Å². The molecule has 1 saturated heterocycles. The van der Waals surface area contributed by atoms with Crippen LogP contribution < -0.4 is 15.5 Å². The lowest BCUT2D eigenvalue weighted by Crippen LogP contribution is -2.29. The molecule has 3 amide bonds. The van der Waals surface area contributed by atoms with Gasteiger partial charge in [0, 0.05) is 30.4 Å². The summed E-state index contributed by atoms with van der Waals surface area (Å²) >= 11 is 1.36. The van der Waals surface area contributed by atoms with E-state index in [1.807, 2.05) is 6.07 Å². The van der Waals surface area contributed by atoms with Crippen LogP contribution in [0.15, 0.2) is 29.6 Å². The lowest BCUT2D eigenvalue weighted by atomic mass is 10.1. The Labute approximate surface area is 148 Å². The van der Waals surface area contributed by atoms with Gasteiger partial charge in [-0.2, -0.15) is 0 Å². The van der Waals surface area contributed by atoms with Crippen LogP contribution in [-0.4, -0.2) is 36.1 Å². The van der Waals surface area contributed by atoms with Crippen LogP contribution in [0.5, 0.6) is 0 Å². The third-order valence-electron chi connectivity index (χ3n) is 4.38. The van der Waals surface area contributed by atoms with Crippen molar-refractivity contribution in [2.24, 2.45) is 0 Å². The molecule has 2 fully saturated rings. The zero-order chi connectivity index (χ0) is 17.4. The Morgan fingerprint density at radius 2 is 2.36 bits per heavy atom. The normalized spacial score (nSPS) is 22.0. The first-order chi connectivity index (χ1) is 12.1. The van der Waals surface area contributed by atoms with E-state index in [1.165, 1.54) is 23.5 Å². The van der Waals surface area contributed by atoms with Gasteiger partial charge in [0.25, 0.3) is 0 Å². The second kappa shape index (κ2) is 6.44. The van der Waals surface area contributed by atoms with Crippen molar-refractivity contribution >= 4 is 28.4 Å². The van der Waals surface area contributed by atoms with Crippen molar-refractivity contribution in [1.29, 1.82) is 0 Å². The van der Waals surface area contributed by atoms with Crippen molar-refractivity contribution < 1.29 is 14.0 Å². The van der Waals surface area contributed by atoms with Gasteiger partial charge in [-0.1, -0.05) is 12.1 Å². The minimum Gasteiger partial charge on any atom is -0.352 e. The summed E-state index contributed by atoms with van der Waals surface area (Å²) in [5.41, 5.74) is 1.57. The van der Waals surface area contributed by atoms with Gasteiger partial charge < -0.3 is 10.6 Å². The highest BCUT2D eigenvalue weighted by Crippen LogP contribution is 2.40. The number of urea groups is 1. The number of carbonyl (C=O) groups is 2. The van der Waals surface area contributed by atoms with Crippen molar-refractivity contribution in [2.75, 3.05) is 18.0 Å². The molecular weight excluding hydrogens is 343 g/mol. The van der Waals surface area contributed by atoms with Crippen LogP contribution >= 0.6 is 11.3 Å². The van der Waals surface area contributed by atoms with E-state index < -0.39 is 0 Å². The van der Waals surface area contributed by atoms with Gasteiger partial charge in [0.05, 0.1) is 12.1 Å². The minimum absolute atomic E-state index is 0.0526. The van der Waals surface area contributed by atoms with Crippen LogP contribution in [0.4, 0.5) is 14.3 Å². The standard InChI is InChI=1S/C17H17FN4O2S/c18-11-3-1-2-10(6-11)13-8-14(13)21-15(23)7-12-9-25-17(20-12)22-5-4-19-16(22)24/h1-3,6,9,13-14H,4-5,7-8H2,(H,19,24)(H,21,23)/t13-,14+/m1/s1. The zero-order valence-corrected chi connectivity index (χ0v) is 14.2. The monoisotopic (exact) mass is 360 g/mol. The molecule has 6 nitrogen and oxygen atoms in total. The summed E-state index contributed by atoms with van der Waals surface area (Å²) in [4.78, 5) is 29.8. The first-order valence-corrected chi connectivity index (χ1v) is 9.03. The maximum Gasteiger partial charge on any atom is 0.323 e. The number of anilines is 1. The van der Waals surface area contributed by atoms with Crippen molar-refractivity contribution in [3.8, 4) is 0 Å². The third kappa shape index (κ3) is 3.48. The van der Waals surface area contributed by atoms with E-state index >= 15 is 0 Å². The molecule has 1 aromatic heterocycles. The molecule has 0 unspecified atom stereocenters. The maximum absolute atomic E-state index is 13.3. The molecule has 2 aliphatic rings. The SMILES string of the molecule is O=C(Cc1csc(N2CCNC2=O)n1)N[C@H]1C[C@@H]1c1cccc(F)c1. The number of nitrogens with one attached hydrogen (secondary N) is 2. The largest absolute Gasteiger partial charge is 0.352 e. The highest BCUT2D eigenvalue weighted by atomic mass is 32.1. The van der Waals surface area contributed by atoms with E-state index in [-0.39, 0.29) is 36.1 Å². The second-order valence-corrected chi connectivity index (χ2v) is 7.09. The van der Waals surface area contributed by atoms with Crippen LogP contribution in [-0.2, 0) is 11.2 Å². The number of nitrogens with zero attached hydrogens (tertiary/aromatic N) is 2.